The molecular formula is C19H22FN3O2. The van der Waals surface area contributed by atoms with Crippen LogP contribution >= 0.6 is 0 Å². The molecule has 0 saturated carbocycles. The van der Waals surface area contributed by atoms with Gasteiger partial charge in [0.2, 0.25) is 5.91 Å². The van der Waals surface area contributed by atoms with Crippen LogP contribution in [-0.4, -0.2) is 50.6 Å². The summed E-state index contributed by atoms with van der Waals surface area (Å²) >= 11 is 0. The lowest BCUT2D eigenvalue weighted by Gasteiger charge is -2.36. The number of rotatable bonds is 5. The number of methoxy groups -OCH3 is 1. The second kappa shape index (κ2) is 7.88. The zero-order valence-corrected chi connectivity index (χ0v) is 14.2. The molecule has 1 heterocycles. The molecule has 0 radical (unpaired) electrons. The van der Waals surface area contributed by atoms with Crippen molar-refractivity contribution >= 4 is 17.3 Å². The summed E-state index contributed by atoms with van der Waals surface area (Å²) in [4.78, 5) is 16.4. The van der Waals surface area contributed by atoms with Gasteiger partial charge in [-0.2, -0.15) is 0 Å². The first-order valence-electron chi connectivity index (χ1n) is 8.32. The minimum absolute atomic E-state index is 0.0783. The predicted octanol–water partition coefficient (Wildman–Crippen LogP) is 2.60. The van der Waals surface area contributed by atoms with E-state index in [1.54, 1.807) is 19.2 Å². The maximum absolute atomic E-state index is 13.0. The largest absolute Gasteiger partial charge is 0.497 e. The maximum atomic E-state index is 13.0. The van der Waals surface area contributed by atoms with E-state index in [-0.39, 0.29) is 18.3 Å². The Hall–Kier alpha value is -2.76. The smallest absolute Gasteiger partial charge is 0.241 e. The Labute approximate surface area is 147 Å². The van der Waals surface area contributed by atoms with Crippen LogP contribution in [0.3, 0.4) is 0 Å². The second-order valence-electron chi connectivity index (χ2n) is 5.93. The average Bonchev–Trinajstić information content (AvgIpc) is 2.67. The number of amides is 1. The Balaban J connectivity index is 1.47. The number of piperazine rings is 1. The number of halogens is 1. The van der Waals surface area contributed by atoms with Crippen LogP contribution in [0, 0.1) is 5.82 Å². The van der Waals surface area contributed by atoms with Crippen LogP contribution < -0.4 is 15.0 Å². The van der Waals surface area contributed by atoms with Gasteiger partial charge in [-0.1, -0.05) is 0 Å². The van der Waals surface area contributed by atoms with Crippen molar-refractivity contribution in [3.63, 3.8) is 0 Å². The zero-order valence-electron chi connectivity index (χ0n) is 14.2. The van der Waals surface area contributed by atoms with Gasteiger partial charge in [0.25, 0.3) is 0 Å². The number of nitrogens with one attached hydrogen (secondary N) is 1. The molecule has 1 N–H and O–H groups in total. The first kappa shape index (κ1) is 17.1. The molecule has 0 unspecified atom stereocenters. The van der Waals surface area contributed by atoms with Crippen molar-refractivity contribution in [2.75, 3.05) is 50.1 Å². The van der Waals surface area contributed by atoms with Crippen LogP contribution in [0.15, 0.2) is 48.5 Å². The van der Waals surface area contributed by atoms with Gasteiger partial charge < -0.3 is 19.9 Å². The molecule has 1 aliphatic heterocycles. The van der Waals surface area contributed by atoms with Gasteiger partial charge in [0.05, 0.1) is 13.7 Å². The van der Waals surface area contributed by atoms with Crippen LogP contribution in [0.4, 0.5) is 15.8 Å². The fourth-order valence-corrected chi connectivity index (χ4v) is 2.86. The van der Waals surface area contributed by atoms with E-state index in [1.807, 2.05) is 29.2 Å². The molecule has 2 aromatic carbocycles. The van der Waals surface area contributed by atoms with Crippen LogP contribution in [0.1, 0.15) is 0 Å². The van der Waals surface area contributed by atoms with Crippen LogP contribution in [0.2, 0.25) is 0 Å². The molecular weight excluding hydrogens is 321 g/mol. The average molecular weight is 343 g/mol. The molecule has 132 valence electrons. The minimum atomic E-state index is -0.234. The van der Waals surface area contributed by atoms with Crippen molar-refractivity contribution in [3.8, 4) is 5.75 Å². The number of nitrogens with zero attached hydrogens (tertiary/aromatic N) is 2. The molecule has 25 heavy (non-hydrogen) atoms. The van der Waals surface area contributed by atoms with Gasteiger partial charge in [-0.15, -0.1) is 0 Å². The van der Waals surface area contributed by atoms with Crippen molar-refractivity contribution < 1.29 is 13.9 Å². The van der Waals surface area contributed by atoms with Gasteiger partial charge in [-0.05, 0) is 48.5 Å². The van der Waals surface area contributed by atoms with Gasteiger partial charge in [0, 0.05) is 37.6 Å². The SMILES string of the molecule is COc1ccc(NCC(=O)N2CCN(c3ccc(F)cc3)CC2)cc1. The van der Waals surface area contributed by atoms with E-state index in [0.717, 1.165) is 30.2 Å². The number of ether oxygens (including phenoxy) is 1. The Morgan fingerprint density at radius 2 is 1.68 bits per heavy atom. The monoisotopic (exact) mass is 343 g/mol. The summed E-state index contributed by atoms with van der Waals surface area (Å²) in [7, 11) is 1.62. The van der Waals surface area contributed by atoms with Crippen molar-refractivity contribution in [1.82, 2.24) is 4.90 Å². The van der Waals surface area contributed by atoms with E-state index in [2.05, 4.69) is 10.2 Å². The summed E-state index contributed by atoms with van der Waals surface area (Å²) in [5.74, 6) is 0.630. The Morgan fingerprint density at radius 1 is 1.04 bits per heavy atom. The first-order valence-corrected chi connectivity index (χ1v) is 8.32. The fourth-order valence-electron chi connectivity index (χ4n) is 2.86. The molecule has 0 aliphatic carbocycles. The molecule has 1 aliphatic rings. The van der Waals surface area contributed by atoms with E-state index in [0.29, 0.717) is 13.1 Å². The molecule has 5 nitrogen and oxygen atoms in total. The topological polar surface area (TPSA) is 44.8 Å². The minimum Gasteiger partial charge on any atom is -0.497 e. The molecule has 0 aromatic heterocycles. The van der Waals surface area contributed by atoms with Crippen LogP contribution in [-0.2, 0) is 4.79 Å². The van der Waals surface area contributed by atoms with Gasteiger partial charge in [-0.3, -0.25) is 4.79 Å². The van der Waals surface area contributed by atoms with Gasteiger partial charge in [0.1, 0.15) is 11.6 Å². The first-order chi connectivity index (χ1) is 12.2. The number of benzene rings is 2. The predicted molar refractivity (Wildman–Crippen MR) is 96.7 cm³/mol. The number of carbonyl (C=O) groups is 1. The number of hydrogen-bond acceptors (Lipinski definition) is 4. The summed E-state index contributed by atoms with van der Waals surface area (Å²) < 4.78 is 18.1. The highest BCUT2D eigenvalue weighted by Gasteiger charge is 2.21. The van der Waals surface area contributed by atoms with Gasteiger partial charge in [-0.25, -0.2) is 4.39 Å². The Bertz CT molecular complexity index is 696. The maximum Gasteiger partial charge on any atom is 0.241 e. The van der Waals surface area contributed by atoms with Gasteiger partial charge in [0.15, 0.2) is 0 Å². The Morgan fingerprint density at radius 3 is 2.28 bits per heavy atom. The summed E-state index contributed by atoms with van der Waals surface area (Å²) in [5, 5.41) is 3.14. The normalized spacial score (nSPS) is 14.3. The number of hydrogen-bond donors (Lipinski definition) is 1. The zero-order chi connectivity index (χ0) is 17.6. The highest BCUT2D eigenvalue weighted by atomic mass is 19.1. The highest BCUT2D eigenvalue weighted by Crippen LogP contribution is 2.17. The van der Waals surface area contributed by atoms with Crippen molar-refractivity contribution in [1.29, 1.82) is 0 Å². The molecule has 1 amide bonds. The summed E-state index contributed by atoms with van der Waals surface area (Å²) in [6.07, 6.45) is 0. The molecule has 0 atom stereocenters. The van der Waals surface area contributed by atoms with Crippen LogP contribution in [0.5, 0.6) is 5.75 Å². The molecule has 0 spiro atoms. The van der Waals surface area contributed by atoms with E-state index in [1.165, 1.54) is 12.1 Å². The summed E-state index contributed by atoms with van der Waals surface area (Å²) in [6, 6.07) is 14.0. The third-order valence-electron chi connectivity index (χ3n) is 4.36. The third kappa shape index (κ3) is 4.41. The van der Waals surface area contributed by atoms with Gasteiger partial charge >= 0.3 is 0 Å². The molecule has 1 saturated heterocycles. The highest BCUT2D eigenvalue weighted by molar-refractivity contribution is 5.81. The quantitative estimate of drug-likeness (QED) is 0.906. The lowest BCUT2D eigenvalue weighted by atomic mass is 10.2. The Kier molecular flexibility index (Phi) is 5.38. The molecule has 0 bridgehead atoms. The summed E-state index contributed by atoms with van der Waals surface area (Å²) in [5.41, 5.74) is 1.88. The van der Waals surface area contributed by atoms with Crippen molar-refractivity contribution in [2.24, 2.45) is 0 Å². The number of anilines is 2. The van der Waals surface area contributed by atoms with Crippen molar-refractivity contribution in [2.45, 2.75) is 0 Å². The molecule has 1 fully saturated rings. The summed E-state index contributed by atoms with van der Waals surface area (Å²) in [6.45, 7) is 3.10. The van der Waals surface area contributed by atoms with E-state index in [9.17, 15) is 9.18 Å². The standard InChI is InChI=1S/C19H22FN3O2/c1-25-18-8-4-16(5-9-18)21-14-19(24)23-12-10-22(11-13-23)17-6-2-15(20)3-7-17/h2-9,21H,10-14H2,1H3. The van der Waals surface area contributed by atoms with E-state index in [4.69, 9.17) is 4.74 Å². The fraction of sp³-hybridized carbons (Fsp3) is 0.316. The molecule has 2 aromatic rings. The van der Waals surface area contributed by atoms with Crippen LogP contribution in [0.25, 0.3) is 0 Å². The van der Waals surface area contributed by atoms with E-state index >= 15 is 0 Å². The van der Waals surface area contributed by atoms with E-state index < -0.39 is 0 Å². The third-order valence-corrected chi connectivity index (χ3v) is 4.36. The lowest BCUT2D eigenvalue weighted by Crippen LogP contribution is -2.50. The molecule has 3 rings (SSSR count). The lowest BCUT2D eigenvalue weighted by molar-refractivity contribution is -0.129. The second-order valence-corrected chi connectivity index (χ2v) is 5.93. The van der Waals surface area contributed by atoms with Crippen molar-refractivity contribution in [3.05, 3.63) is 54.3 Å². The molecule has 6 heteroatoms. The number of carbonyl (C=O) groups excluding carboxylic acids is 1.